The third kappa shape index (κ3) is 3.43. The first-order valence-electron chi connectivity index (χ1n) is 7.57. The monoisotopic (exact) mass is 331 g/mol. The molecule has 1 aliphatic heterocycles. The summed E-state index contributed by atoms with van der Waals surface area (Å²) in [6, 6.07) is 6.99. The van der Waals surface area contributed by atoms with Crippen molar-refractivity contribution < 1.29 is 24.0 Å². The van der Waals surface area contributed by atoms with Crippen LogP contribution in [0.15, 0.2) is 28.8 Å². The van der Waals surface area contributed by atoms with Gasteiger partial charge < -0.3 is 19.3 Å². The summed E-state index contributed by atoms with van der Waals surface area (Å²) in [5, 5.41) is 12.6. The number of hydrogen-bond acceptors (Lipinski definition) is 6. The van der Waals surface area contributed by atoms with Gasteiger partial charge in [0.05, 0.1) is 30.3 Å². The highest BCUT2D eigenvalue weighted by atomic mass is 16.5. The summed E-state index contributed by atoms with van der Waals surface area (Å²) in [4.78, 5) is 29.5. The second-order valence-electron chi connectivity index (χ2n) is 5.53. The van der Waals surface area contributed by atoms with Crippen molar-refractivity contribution in [1.82, 2.24) is 15.0 Å². The molecule has 1 unspecified atom stereocenters. The first-order valence-corrected chi connectivity index (χ1v) is 7.57. The van der Waals surface area contributed by atoms with Crippen LogP contribution in [-0.4, -0.2) is 57.8 Å². The maximum atomic E-state index is 12.9. The van der Waals surface area contributed by atoms with Gasteiger partial charge in [-0.1, -0.05) is 17.3 Å². The Morgan fingerprint density at radius 1 is 1.38 bits per heavy atom. The standard InChI is InChI=1S/C16H17N3O5/c1-10-17-15(24-18-10)12-4-2-3-5-13(12)16(22)19-6-7-23-11(9-19)8-14(20)21/h2-5,11H,6-9H2,1H3,(H,20,21). The lowest BCUT2D eigenvalue weighted by molar-refractivity contribution is -0.141. The number of benzene rings is 1. The molecule has 3 rings (SSSR count). The van der Waals surface area contributed by atoms with Crippen molar-refractivity contribution >= 4 is 11.9 Å². The summed E-state index contributed by atoms with van der Waals surface area (Å²) in [7, 11) is 0. The highest BCUT2D eigenvalue weighted by Crippen LogP contribution is 2.24. The second-order valence-corrected chi connectivity index (χ2v) is 5.53. The molecule has 0 aliphatic carbocycles. The average molecular weight is 331 g/mol. The molecule has 0 radical (unpaired) electrons. The van der Waals surface area contributed by atoms with Crippen LogP contribution >= 0.6 is 0 Å². The number of aromatic nitrogens is 2. The predicted octanol–water partition coefficient (Wildman–Crippen LogP) is 1.36. The topological polar surface area (TPSA) is 106 Å². The van der Waals surface area contributed by atoms with Gasteiger partial charge in [0.1, 0.15) is 0 Å². The van der Waals surface area contributed by atoms with Gasteiger partial charge in [0.15, 0.2) is 5.82 Å². The van der Waals surface area contributed by atoms with Gasteiger partial charge >= 0.3 is 5.97 Å². The maximum absolute atomic E-state index is 12.9. The van der Waals surface area contributed by atoms with Crippen LogP contribution in [0.5, 0.6) is 0 Å². The maximum Gasteiger partial charge on any atom is 0.306 e. The smallest absolute Gasteiger partial charge is 0.306 e. The van der Waals surface area contributed by atoms with E-state index in [9.17, 15) is 9.59 Å². The molecule has 1 fully saturated rings. The normalized spacial score (nSPS) is 17.7. The van der Waals surface area contributed by atoms with Crippen LogP contribution in [0.4, 0.5) is 0 Å². The number of carboxylic acids is 1. The predicted molar refractivity (Wildman–Crippen MR) is 82.4 cm³/mol. The molecule has 0 spiro atoms. The molecule has 1 aromatic carbocycles. The van der Waals surface area contributed by atoms with E-state index in [-0.39, 0.29) is 24.8 Å². The number of hydrogen-bond donors (Lipinski definition) is 1. The Bertz CT molecular complexity index is 758. The van der Waals surface area contributed by atoms with E-state index in [4.69, 9.17) is 14.4 Å². The van der Waals surface area contributed by atoms with Crippen molar-refractivity contribution in [3.63, 3.8) is 0 Å². The van der Waals surface area contributed by atoms with E-state index in [0.29, 0.717) is 30.1 Å². The molecule has 126 valence electrons. The van der Waals surface area contributed by atoms with Crippen molar-refractivity contribution in [2.24, 2.45) is 0 Å². The lowest BCUT2D eigenvalue weighted by Gasteiger charge is -2.32. The third-order valence-corrected chi connectivity index (χ3v) is 3.74. The van der Waals surface area contributed by atoms with Gasteiger partial charge in [0, 0.05) is 13.1 Å². The minimum atomic E-state index is -0.948. The molecule has 2 heterocycles. The summed E-state index contributed by atoms with van der Waals surface area (Å²) < 4.78 is 10.6. The number of carbonyl (C=O) groups excluding carboxylic acids is 1. The first kappa shape index (κ1) is 16.1. The molecule has 1 atom stereocenters. The Balaban J connectivity index is 1.84. The molecule has 1 aliphatic rings. The lowest BCUT2D eigenvalue weighted by atomic mass is 10.1. The second kappa shape index (κ2) is 6.79. The lowest BCUT2D eigenvalue weighted by Crippen LogP contribution is -2.46. The molecule has 1 N–H and O–H groups in total. The highest BCUT2D eigenvalue weighted by Gasteiger charge is 2.28. The molecule has 1 saturated heterocycles. The number of ether oxygens (including phenoxy) is 1. The highest BCUT2D eigenvalue weighted by molar-refractivity contribution is 6.00. The number of aryl methyl sites for hydroxylation is 1. The van der Waals surface area contributed by atoms with Crippen molar-refractivity contribution in [2.75, 3.05) is 19.7 Å². The minimum Gasteiger partial charge on any atom is -0.481 e. The van der Waals surface area contributed by atoms with Gasteiger partial charge in [-0.15, -0.1) is 0 Å². The van der Waals surface area contributed by atoms with Crippen molar-refractivity contribution in [3.05, 3.63) is 35.7 Å². The molecule has 1 aromatic heterocycles. The zero-order valence-electron chi connectivity index (χ0n) is 13.1. The van der Waals surface area contributed by atoms with E-state index in [0.717, 1.165) is 0 Å². The SMILES string of the molecule is Cc1noc(-c2ccccc2C(=O)N2CCOC(CC(=O)O)C2)n1. The number of carbonyl (C=O) groups is 2. The fourth-order valence-electron chi connectivity index (χ4n) is 2.65. The summed E-state index contributed by atoms with van der Waals surface area (Å²) in [6.07, 6.45) is -0.633. The quantitative estimate of drug-likeness (QED) is 0.901. The van der Waals surface area contributed by atoms with Crippen molar-refractivity contribution in [2.45, 2.75) is 19.4 Å². The van der Waals surface area contributed by atoms with E-state index < -0.39 is 12.1 Å². The van der Waals surface area contributed by atoms with Gasteiger partial charge in [0.2, 0.25) is 0 Å². The van der Waals surface area contributed by atoms with Crippen LogP contribution in [0.2, 0.25) is 0 Å². The first-order chi connectivity index (χ1) is 11.5. The number of morpholine rings is 1. The van der Waals surface area contributed by atoms with Gasteiger partial charge in [-0.05, 0) is 19.1 Å². The van der Waals surface area contributed by atoms with Gasteiger partial charge in [-0.3, -0.25) is 9.59 Å². The number of amides is 1. The van der Waals surface area contributed by atoms with E-state index in [1.54, 1.807) is 36.1 Å². The molecule has 0 bridgehead atoms. The Morgan fingerprint density at radius 3 is 2.88 bits per heavy atom. The summed E-state index contributed by atoms with van der Waals surface area (Å²) >= 11 is 0. The van der Waals surface area contributed by atoms with Gasteiger partial charge in [-0.2, -0.15) is 4.98 Å². The zero-order valence-corrected chi connectivity index (χ0v) is 13.1. The molecule has 8 nitrogen and oxygen atoms in total. The van der Waals surface area contributed by atoms with Crippen LogP contribution in [0.25, 0.3) is 11.5 Å². The number of carboxylic acid groups (broad SMARTS) is 1. The Kier molecular flexibility index (Phi) is 4.57. The van der Waals surface area contributed by atoms with Crippen molar-refractivity contribution in [3.8, 4) is 11.5 Å². The van der Waals surface area contributed by atoms with Crippen LogP contribution in [0.1, 0.15) is 22.6 Å². The number of aliphatic carboxylic acids is 1. The molecule has 8 heteroatoms. The van der Waals surface area contributed by atoms with E-state index in [2.05, 4.69) is 10.1 Å². The van der Waals surface area contributed by atoms with Crippen LogP contribution < -0.4 is 0 Å². The Hall–Kier alpha value is -2.74. The Morgan fingerprint density at radius 2 is 2.17 bits per heavy atom. The van der Waals surface area contributed by atoms with E-state index in [1.807, 2.05) is 0 Å². The van der Waals surface area contributed by atoms with Gasteiger partial charge in [-0.25, -0.2) is 0 Å². The largest absolute Gasteiger partial charge is 0.481 e. The van der Waals surface area contributed by atoms with Crippen molar-refractivity contribution in [1.29, 1.82) is 0 Å². The fourth-order valence-corrected chi connectivity index (χ4v) is 2.65. The number of rotatable bonds is 4. The van der Waals surface area contributed by atoms with Gasteiger partial charge in [0.25, 0.3) is 11.8 Å². The number of nitrogens with zero attached hydrogens (tertiary/aromatic N) is 3. The summed E-state index contributed by atoms with van der Waals surface area (Å²) in [5.74, 6) is -0.386. The van der Waals surface area contributed by atoms with Crippen LogP contribution in [-0.2, 0) is 9.53 Å². The minimum absolute atomic E-state index is 0.131. The van der Waals surface area contributed by atoms with Crippen LogP contribution in [0.3, 0.4) is 0 Å². The van der Waals surface area contributed by atoms with Crippen LogP contribution in [0, 0.1) is 6.92 Å². The fraction of sp³-hybridized carbons (Fsp3) is 0.375. The zero-order chi connectivity index (χ0) is 17.1. The third-order valence-electron chi connectivity index (χ3n) is 3.74. The molecule has 0 saturated carbocycles. The molecule has 2 aromatic rings. The average Bonchev–Trinajstić information content (AvgIpc) is 3.00. The summed E-state index contributed by atoms with van der Waals surface area (Å²) in [6.45, 7) is 2.66. The summed E-state index contributed by atoms with van der Waals surface area (Å²) in [5.41, 5.74) is 1.00. The van der Waals surface area contributed by atoms with E-state index in [1.165, 1.54) is 0 Å². The van der Waals surface area contributed by atoms with E-state index >= 15 is 0 Å². The molecule has 24 heavy (non-hydrogen) atoms. The molecule has 1 amide bonds. The molecular weight excluding hydrogens is 314 g/mol. The molecular formula is C16H17N3O5. The Labute approximate surface area is 138 Å².